The Kier molecular flexibility index (Phi) is 3.97. The monoisotopic (exact) mass is 282 g/mol. The Balaban J connectivity index is 2.21. The van der Waals surface area contributed by atoms with E-state index in [0.29, 0.717) is 6.07 Å². The molecule has 1 unspecified atom stereocenters. The average molecular weight is 282 g/mol. The van der Waals surface area contributed by atoms with Crippen LogP contribution >= 0.6 is 0 Å². The third-order valence-corrected chi connectivity index (χ3v) is 3.89. The Hall–Kier alpha value is -1.65. The number of carbonyl (C=O) groups is 1. The Morgan fingerprint density at radius 1 is 1.35 bits per heavy atom. The molecule has 1 aliphatic rings. The summed E-state index contributed by atoms with van der Waals surface area (Å²) in [6.45, 7) is 4.35. The maximum Gasteiger partial charge on any atom is 0.251 e. The van der Waals surface area contributed by atoms with Gasteiger partial charge in [-0.05, 0) is 30.7 Å². The summed E-state index contributed by atoms with van der Waals surface area (Å²) >= 11 is 0. The fourth-order valence-electron chi connectivity index (χ4n) is 2.89. The number of carbonyl (C=O) groups excluding carboxylic acids is 1. The number of anilines is 1. The first-order chi connectivity index (χ1) is 9.28. The molecule has 0 heterocycles. The zero-order chi connectivity index (χ0) is 14.9. The van der Waals surface area contributed by atoms with Crippen LogP contribution in [-0.4, -0.2) is 11.9 Å². The number of benzene rings is 1. The molecule has 3 N–H and O–H groups in total. The van der Waals surface area contributed by atoms with Crippen LogP contribution in [-0.2, 0) is 0 Å². The van der Waals surface area contributed by atoms with Crippen molar-refractivity contribution in [1.82, 2.24) is 0 Å². The first-order valence-corrected chi connectivity index (χ1v) is 6.84. The minimum Gasteiger partial charge on any atom is -0.380 e. The first-order valence-electron chi connectivity index (χ1n) is 6.84. The predicted octanol–water partition coefficient (Wildman–Crippen LogP) is 3.44. The van der Waals surface area contributed by atoms with Crippen LogP contribution in [0.5, 0.6) is 0 Å². The van der Waals surface area contributed by atoms with Crippen molar-refractivity contribution in [2.45, 2.75) is 45.6 Å². The van der Waals surface area contributed by atoms with Gasteiger partial charge in [-0.15, -0.1) is 0 Å². The number of primary amides is 1. The Labute approximate surface area is 117 Å². The lowest BCUT2D eigenvalue weighted by Gasteiger charge is -2.36. The summed E-state index contributed by atoms with van der Waals surface area (Å²) in [6, 6.07) is 1.99. The number of nitrogens with two attached hydrogens (primary N) is 1. The predicted molar refractivity (Wildman–Crippen MR) is 74.5 cm³/mol. The molecule has 0 radical (unpaired) electrons. The van der Waals surface area contributed by atoms with Gasteiger partial charge in [0.15, 0.2) is 0 Å². The smallest absolute Gasteiger partial charge is 0.251 e. The normalized spacial score (nSPS) is 21.5. The highest BCUT2D eigenvalue weighted by atomic mass is 19.1. The third-order valence-electron chi connectivity index (χ3n) is 3.89. The fraction of sp³-hybridized carbons (Fsp3) is 0.533. The molecule has 0 spiro atoms. The second-order valence-corrected chi connectivity index (χ2v) is 6.28. The highest BCUT2D eigenvalue weighted by Gasteiger charge is 2.28. The van der Waals surface area contributed by atoms with E-state index in [9.17, 15) is 13.6 Å². The van der Waals surface area contributed by atoms with Crippen LogP contribution in [0.1, 0.15) is 49.9 Å². The number of hydrogen-bond donors (Lipinski definition) is 2. The SMILES string of the molecule is CC1(C)CCCC(Nc2cc(C(N)=O)c(F)cc2F)C1. The van der Waals surface area contributed by atoms with Crippen molar-refractivity contribution < 1.29 is 13.6 Å². The van der Waals surface area contributed by atoms with Gasteiger partial charge in [0.05, 0.1) is 11.3 Å². The van der Waals surface area contributed by atoms with Gasteiger partial charge in [0.2, 0.25) is 0 Å². The van der Waals surface area contributed by atoms with Crippen molar-refractivity contribution in [2.75, 3.05) is 5.32 Å². The molecule has 20 heavy (non-hydrogen) atoms. The van der Waals surface area contributed by atoms with E-state index in [4.69, 9.17) is 5.73 Å². The van der Waals surface area contributed by atoms with Crippen LogP contribution in [0.25, 0.3) is 0 Å². The molecule has 1 aliphatic carbocycles. The lowest BCUT2D eigenvalue weighted by molar-refractivity contribution is 0.0996. The third kappa shape index (κ3) is 3.26. The van der Waals surface area contributed by atoms with Crippen molar-refractivity contribution in [3.05, 3.63) is 29.3 Å². The maximum absolute atomic E-state index is 13.8. The van der Waals surface area contributed by atoms with Crippen molar-refractivity contribution >= 4 is 11.6 Å². The Morgan fingerprint density at radius 2 is 2.05 bits per heavy atom. The molecule has 2 rings (SSSR count). The molecule has 1 fully saturated rings. The maximum atomic E-state index is 13.8. The van der Waals surface area contributed by atoms with Crippen molar-refractivity contribution in [2.24, 2.45) is 11.1 Å². The van der Waals surface area contributed by atoms with Crippen molar-refractivity contribution in [3.63, 3.8) is 0 Å². The highest BCUT2D eigenvalue weighted by molar-refractivity contribution is 5.94. The second-order valence-electron chi connectivity index (χ2n) is 6.28. The minimum atomic E-state index is -0.926. The number of nitrogens with one attached hydrogen (secondary N) is 1. The van der Waals surface area contributed by atoms with Crippen LogP contribution in [0.15, 0.2) is 12.1 Å². The van der Waals surface area contributed by atoms with Crippen LogP contribution in [0.4, 0.5) is 14.5 Å². The zero-order valence-corrected chi connectivity index (χ0v) is 11.8. The number of rotatable bonds is 3. The first kappa shape index (κ1) is 14.8. The largest absolute Gasteiger partial charge is 0.380 e. The number of halogens is 2. The van der Waals surface area contributed by atoms with E-state index in [-0.39, 0.29) is 22.7 Å². The molecule has 110 valence electrons. The van der Waals surface area contributed by atoms with Crippen LogP contribution in [0.2, 0.25) is 0 Å². The van der Waals surface area contributed by atoms with E-state index in [1.165, 1.54) is 0 Å². The molecule has 1 amide bonds. The molecule has 0 aromatic heterocycles. The van der Waals surface area contributed by atoms with Gasteiger partial charge >= 0.3 is 0 Å². The molecule has 1 aromatic rings. The van der Waals surface area contributed by atoms with Gasteiger partial charge in [-0.1, -0.05) is 20.3 Å². The van der Waals surface area contributed by atoms with E-state index in [0.717, 1.165) is 31.7 Å². The van der Waals surface area contributed by atoms with Crippen LogP contribution < -0.4 is 11.1 Å². The van der Waals surface area contributed by atoms with Crippen LogP contribution in [0.3, 0.4) is 0 Å². The summed E-state index contributed by atoms with van der Waals surface area (Å²) in [4.78, 5) is 11.1. The lowest BCUT2D eigenvalue weighted by atomic mass is 9.75. The second kappa shape index (κ2) is 5.38. The summed E-state index contributed by atoms with van der Waals surface area (Å²) in [7, 11) is 0. The zero-order valence-electron chi connectivity index (χ0n) is 11.8. The van der Waals surface area contributed by atoms with Gasteiger partial charge in [-0.25, -0.2) is 8.78 Å². The number of hydrogen-bond acceptors (Lipinski definition) is 2. The fourth-order valence-corrected chi connectivity index (χ4v) is 2.89. The molecule has 0 saturated heterocycles. The molecular weight excluding hydrogens is 262 g/mol. The molecule has 1 atom stereocenters. The summed E-state index contributed by atoms with van der Waals surface area (Å²) in [5, 5.41) is 3.08. The van der Waals surface area contributed by atoms with Gasteiger partial charge in [-0.3, -0.25) is 4.79 Å². The number of amides is 1. The quantitative estimate of drug-likeness (QED) is 0.892. The molecule has 0 bridgehead atoms. The van der Waals surface area contributed by atoms with Crippen molar-refractivity contribution in [3.8, 4) is 0 Å². The molecule has 1 saturated carbocycles. The Bertz CT molecular complexity index is 529. The standard InChI is InChI=1S/C15H20F2N2O/c1-15(2)5-3-4-9(8-15)19-13-6-10(14(18)20)11(16)7-12(13)17/h6-7,9,19H,3-5,8H2,1-2H3,(H2,18,20). The van der Waals surface area contributed by atoms with E-state index >= 15 is 0 Å². The minimum absolute atomic E-state index is 0.124. The molecular formula is C15H20F2N2O. The molecule has 0 aliphatic heterocycles. The van der Waals surface area contributed by atoms with Gasteiger partial charge in [0.1, 0.15) is 11.6 Å². The summed E-state index contributed by atoms with van der Waals surface area (Å²) in [5.74, 6) is -2.52. The van der Waals surface area contributed by atoms with Gasteiger partial charge in [0, 0.05) is 12.1 Å². The average Bonchev–Trinajstić information content (AvgIpc) is 2.31. The summed E-state index contributed by atoms with van der Waals surface area (Å²) in [6.07, 6.45) is 4.06. The Morgan fingerprint density at radius 3 is 2.65 bits per heavy atom. The van der Waals surface area contributed by atoms with Crippen molar-refractivity contribution in [1.29, 1.82) is 0 Å². The van der Waals surface area contributed by atoms with Crippen LogP contribution in [0, 0.1) is 17.0 Å². The van der Waals surface area contributed by atoms with Gasteiger partial charge in [-0.2, -0.15) is 0 Å². The molecule has 5 heteroatoms. The molecule has 3 nitrogen and oxygen atoms in total. The van der Waals surface area contributed by atoms with E-state index in [2.05, 4.69) is 19.2 Å². The highest BCUT2D eigenvalue weighted by Crippen LogP contribution is 2.36. The molecule has 1 aromatic carbocycles. The summed E-state index contributed by atoms with van der Waals surface area (Å²) < 4.78 is 27.2. The van der Waals surface area contributed by atoms with E-state index < -0.39 is 17.5 Å². The van der Waals surface area contributed by atoms with E-state index in [1.54, 1.807) is 0 Å². The van der Waals surface area contributed by atoms with E-state index in [1.807, 2.05) is 0 Å². The topological polar surface area (TPSA) is 55.1 Å². The van der Waals surface area contributed by atoms with Gasteiger partial charge in [0.25, 0.3) is 5.91 Å². The summed E-state index contributed by atoms with van der Waals surface area (Å²) in [5.41, 5.74) is 5.14. The van der Waals surface area contributed by atoms with Gasteiger partial charge < -0.3 is 11.1 Å². The lowest BCUT2D eigenvalue weighted by Crippen LogP contribution is -2.32.